The van der Waals surface area contributed by atoms with Crippen LogP contribution in [0.25, 0.3) is 11.1 Å². The van der Waals surface area contributed by atoms with Crippen LogP contribution >= 0.6 is 23.2 Å². The van der Waals surface area contributed by atoms with Crippen LogP contribution in [0.15, 0.2) is 73.6 Å². The zero-order valence-corrected chi connectivity index (χ0v) is 15.2. The molecule has 2 aromatic heterocycles. The molecule has 6 heteroatoms. The summed E-state index contributed by atoms with van der Waals surface area (Å²) in [5.41, 5.74) is 10.7. The number of halogens is 2. The number of nitrogens with two attached hydrogens (primary N) is 1. The number of nitrogens with one attached hydrogen (secondary N) is 1. The summed E-state index contributed by atoms with van der Waals surface area (Å²) in [5, 5.41) is 1.22. The van der Waals surface area contributed by atoms with Gasteiger partial charge in [-0.3, -0.25) is 0 Å². The molecule has 0 saturated carbocycles. The zero-order valence-electron chi connectivity index (χ0n) is 13.7. The van der Waals surface area contributed by atoms with Gasteiger partial charge in [0, 0.05) is 51.6 Å². The maximum Gasteiger partial charge on any atom is 0.0954 e. The number of imidazole rings is 1. The molecule has 4 nitrogen and oxygen atoms in total. The van der Waals surface area contributed by atoms with E-state index in [-0.39, 0.29) is 6.04 Å². The van der Waals surface area contributed by atoms with Crippen LogP contribution in [-0.2, 0) is 0 Å². The molecule has 2 aromatic carbocycles. The van der Waals surface area contributed by atoms with E-state index in [0.717, 1.165) is 27.9 Å². The van der Waals surface area contributed by atoms with Gasteiger partial charge in [-0.25, -0.2) is 4.98 Å². The minimum absolute atomic E-state index is 0.138. The molecule has 2 heterocycles. The van der Waals surface area contributed by atoms with E-state index in [4.69, 9.17) is 28.9 Å². The van der Waals surface area contributed by atoms with Gasteiger partial charge in [0.2, 0.25) is 0 Å². The van der Waals surface area contributed by atoms with Crippen molar-refractivity contribution in [3.05, 3.63) is 94.8 Å². The fourth-order valence-corrected chi connectivity index (χ4v) is 3.66. The molecule has 0 aliphatic heterocycles. The molecule has 0 radical (unpaired) electrons. The monoisotopic (exact) mass is 382 g/mol. The van der Waals surface area contributed by atoms with Gasteiger partial charge in [0.1, 0.15) is 0 Å². The minimum atomic E-state index is -0.138. The number of hydrogen-bond acceptors (Lipinski definition) is 2. The van der Waals surface area contributed by atoms with Crippen LogP contribution in [0.4, 0.5) is 5.69 Å². The SMILES string of the molecule is Nc1ccc(-c2c[nH]cc2[C@@H](c2ccc(Cl)cc2Cl)n2ccnc2)cc1. The number of anilines is 1. The second-order valence-electron chi connectivity index (χ2n) is 6.02. The molecule has 0 aliphatic rings. The van der Waals surface area contributed by atoms with Crippen LogP contribution in [-0.4, -0.2) is 14.5 Å². The molecule has 1 atom stereocenters. The Labute approximate surface area is 161 Å². The molecule has 26 heavy (non-hydrogen) atoms. The summed E-state index contributed by atoms with van der Waals surface area (Å²) in [4.78, 5) is 7.43. The Hall–Kier alpha value is -2.69. The Morgan fingerprint density at radius 3 is 2.50 bits per heavy atom. The van der Waals surface area contributed by atoms with Crippen LogP contribution in [0, 0.1) is 0 Å². The lowest BCUT2D eigenvalue weighted by Gasteiger charge is -2.21. The van der Waals surface area contributed by atoms with Gasteiger partial charge >= 0.3 is 0 Å². The molecule has 3 N–H and O–H groups in total. The van der Waals surface area contributed by atoms with Crippen LogP contribution in [0.1, 0.15) is 17.2 Å². The molecule has 0 fully saturated rings. The van der Waals surface area contributed by atoms with Crippen LogP contribution in [0.2, 0.25) is 10.0 Å². The van der Waals surface area contributed by atoms with Crippen molar-refractivity contribution in [2.24, 2.45) is 0 Å². The molecule has 0 spiro atoms. The van der Waals surface area contributed by atoms with Crippen molar-refractivity contribution in [2.75, 3.05) is 5.73 Å². The highest BCUT2D eigenvalue weighted by molar-refractivity contribution is 6.35. The van der Waals surface area contributed by atoms with Crippen molar-refractivity contribution < 1.29 is 0 Å². The first-order valence-corrected chi connectivity index (χ1v) is 8.84. The third kappa shape index (κ3) is 3.09. The summed E-state index contributed by atoms with van der Waals surface area (Å²) in [6, 6.07) is 13.2. The van der Waals surface area contributed by atoms with Crippen molar-refractivity contribution in [3.8, 4) is 11.1 Å². The second kappa shape index (κ2) is 6.90. The summed E-state index contributed by atoms with van der Waals surface area (Å²) in [6.07, 6.45) is 9.44. The van der Waals surface area contributed by atoms with Crippen LogP contribution in [0.5, 0.6) is 0 Å². The van der Waals surface area contributed by atoms with Gasteiger partial charge in [-0.05, 0) is 35.4 Å². The fraction of sp³-hybridized carbons (Fsp3) is 0.0500. The van der Waals surface area contributed by atoms with E-state index in [0.29, 0.717) is 10.0 Å². The molecule has 130 valence electrons. The Balaban J connectivity index is 1.89. The standard InChI is InChI=1S/C20H16Cl2N4/c21-14-3-6-16(19(22)9-14)20(26-8-7-24-12-26)18-11-25-10-17(18)13-1-4-15(23)5-2-13/h1-12,20,25H,23H2/t20-/m1/s1. The quantitative estimate of drug-likeness (QED) is 0.463. The highest BCUT2D eigenvalue weighted by atomic mass is 35.5. The second-order valence-corrected chi connectivity index (χ2v) is 6.87. The third-order valence-electron chi connectivity index (χ3n) is 4.37. The highest BCUT2D eigenvalue weighted by Crippen LogP contribution is 2.38. The first-order valence-electron chi connectivity index (χ1n) is 8.08. The highest BCUT2D eigenvalue weighted by Gasteiger charge is 2.23. The lowest BCUT2D eigenvalue weighted by molar-refractivity contribution is 0.679. The average Bonchev–Trinajstić information content (AvgIpc) is 3.30. The first kappa shape index (κ1) is 16.8. The smallest absolute Gasteiger partial charge is 0.0954 e. The molecule has 0 aliphatic carbocycles. The topological polar surface area (TPSA) is 59.6 Å². The van der Waals surface area contributed by atoms with Crippen molar-refractivity contribution in [2.45, 2.75) is 6.04 Å². The third-order valence-corrected chi connectivity index (χ3v) is 4.94. The Bertz CT molecular complexity index is 1020. The lowest BCUT2D eigenvalue weighted by atomic mass is 9.94. The van der Waals surface area contributed by atoms with Crippen molar-refractivity contribution in [1.82, 2.24) is 14.5 Å². The Kier molecular flexibility index (Phi) is 4.45. The number of aromatic nitrogens is 3. The van der Waals surface area contributed by atoms with Crippen LogP contribution in [0.3, 0.4) is 0 Å². The zero-order chi connectivity index (χ0) is 18.1. The van der Waals surface area contributed by atoms with Gasteiger partial charge in [0.15, 0.2) is 0 Å². The molecular weight excluding hydrogens is 367 g/mol. The van der Waals surface area contributed by atoms with Gasteiger partial charge in [0.25, 0.3) is 0 Å². The molecular formula is C20H16Cl2N4. The number of nitrogens with zero attached hydrogens (tertiary/aromatic N) is 2. The van der Waals surface area contributed by atoms with Gasteiger partial charge in [-0.2, -0.15) is 0 Å². The maximum absolute atomic E-state index is 6.53. The number of hydrogen-bond donors (Lipinski definition) is 2. The largest absolute Gasteiger partial charge is 0.399 e. The van der Waals surface area contributed by atoms with E-state index in [1.165, 1.54) is 0 Å². The first-order chi connectivity index (χ1) is 12.6. The van der Waals surface area contributed by atoms with Crippen molar-refractivity contribution >= 4 is 28.9 Å². The number of H-pyrrole nitrogens is 1. The van der Waals surface area contributed by atoms with E-state index < -0.39 is 0 Å². The summed E-state index contributed by atoms with van der Waals surface area (Å²) < 4.78 is 2.03. The number of nitrogen functional groups attached to an aromatic ring is 1. The van der Waals surface area contributed by atoms with Crippen molar-refractivity contribution in [3.63, 3.8) is 0 Å². The normalized spacial score (nSPS) is 12.2. The molecule has 0 unspecified atom stereocenters. The maximum atomic E-state index is 6.53. The van der Waals surface area contributed by atoms with Gasteiger partial charge in [-0.1, -0.05) is 41.4 Å². The van der Waals surface area contributed by atoms with E-state index >= 15 is 0 Å². The summed E-state index contributed by atoms with van der Waals surface area (Å²) in [6.45, 7) is 0. The number of benzene rings is 2. The Morgan fingerprint density at radius 2 is 1.81 bits per heavy atom. The average molecular weight is 383 g/mol. The summed E-state index contributed by atoms with van der Waals surface area (Å²) in [7, 11) is 0. The lowest BCUT2D eigenvalue weighted by Crippen LogP contribution is -2.11. The van der Waals surface area contributed by atoms with Gasteiger partial charge in [0.05, 0.1) is 12.4 Å². The van der Waals surface area contributed by atoms with E-state index in [9.17, 15) is 0 Å². The van der Waals surface area contributed by atoms with E-state index in [1.54, 1.807) is 18.6 Å². The molecule has 4 rings (SSSR count). The number of rotatable bonds is 4. The Morgan fingerprint density at radius 1 is 1.00 bits per heavy atom. The van der Waals surface area contributed by atoms with Crippen molar-refractivity contribution in [1.29, 1.82) is 0 Å². The molecule has 0 saturated heterocycles. The molecule has 0 amide bonds. The predicted octanol–water partition coefficient (Wildman–Crippen LogP) is 5.40. The fourth-order valence-electron chi connectivity index (χ4n) is 3.15. The van der Waals surface area contributed by atoms with Gasteiger partial charge in [-0.15, -0.1) is 0 Å². The summed E-state index contributed by atoms with van der Waals surface area (Å²) >= 11 is 12.6. The van der Waals surface area contributed by atoms with E-state index in [2.05, 4.69) is 9.97 Å². The van der Waals surface area contributed by atoms with Crippen LogP contribution < -0.4 is 5.73 Å². The van der Waals surface area contributed by atoms with E-state index in [1.807, 2.05) is 59.6 Å². The molecule has 0 bridgehead atoms. The minimum Gasteiger partial charge on any atom is -0.399 e. The molecule has 4 aromatic rings. The number of aromatic amines is 1. The predicted molar refractivity (Wildman–Crippen MR) is 107 cm³/mol. The summed E-state index contributed by atoms with van der Waals surface area (Å²) in [5.74, 6) is 0. The van der Waals surface area contributed by atoms with Gasteiger partial charge < -0.3 is 15.3 Å².